The van der Waals surface area contributed by atoms with Gasteiger partial charge in [-0.05, 0) is 24.1 Å². The van der Waals surface area contributed by atoms with Gasteiger partial charge in [0.2, 0.25) is 0 Å². The highest BCUT2D eigenvalue weighted by Crippen LogP contribution is 2.23. The summed E-state index contributed by atoms with van der Waals surface area (Å²) in [5, 5.41) is 6.79. The van der Waals surface area contributed by atoms with Gasteiger partial charge in [0, 0.05) is 32.7 Å². The van der Waals surface area contributed by atoms with Gasteiger partial charge >= 0.3 is 0 Å². The van der Waals surface area contributed by atoms with Gasteiger partial charge in [-0.2, -0.15) is 0 Å². The van der Waals surface area contributed by atoms with Crippen LogP contribution in [0.3, 0.4) is 0 Å². The molecule has 0 aromatic heterocycles. The molecule has 126 valence electrons. The molecule has 1 unspecified atom stereocenters. The second-order valence-corrected chi connectivity index (χ2v) is 5.83. The predicted octanol–water partition coefficient (Wildman–Crippen LogP) is 1.01. The molecule has 6 heteroatoms. The highest BCUT2D eigenvalue weighted by atomic mass is 16.5. The van der Waals surface area contributed by atoms with Gasteiger partial charge in [0.1, 0.15) is 5.75 Å². The zero-order chi connectivity index (χ0) is 15.9. The monoisotopic (exact) mass is 318 g/mol. The Morgan fingerprint density at radius 1 is 1.30 bits per heavy atom. The van der Waals surface area contributed by atoms with E-state index in [-0.39, 0.29) is 0 Å². The number of aliphatic imine (C=N–C) groups is 1. The maximum absolute atomic E-state index is 5.50. The van der Waals surface area contributed by atoms with Crippen LogP contribution in [0.2, 0.25) is 0 Å². The molecule has 0 bridgehead atoms. The molecule has 3 rings (SSSR count). The first-order chi connectivity index (χ1) is 11.4. The topological polar surface area (TPSA) is 58.1 Å². The van der Waals surface area contributed by atoms with Crippen molar-refractivity contribution < 1.29 is 9.47 Å². The molecule has 2 heterocycles. The third-order valence-electron chi connectivity index (χ3n) is 4.35. The van der Waals surface area contributed by atoms with Gasteiger partial charge in [0.15, 0.2) is 5.96 Å². The Bertz CT molecular complexity index is 512. The van der Waals surface area contributed by atoms with Crippen molar-refractivity contribution in [3.05, 3.63) is 29.8 Å². The normalized spacial score (nSPS) is 20.3. The van der Waals surface area contributed by atoms with Crippen molar-refractivity contribution in [2.75, 3.05) is 53.0 Å². The van der Waals surface area contributed by atoms with Gasteiger partial charge in [-0.3, -0.25) is 9.89 Å². The summed E-state index contributed by atoms with van der Waals surface area (Å²) in [5.41, 5.74) is 1.29. The molecule has 2 aliphatic rings. The standard InChI is InChI=1S/C17H26N4O2/c1-22-15-5-3-14(4-6-15)16(21-9-11-23-12-10-21)13-20-17-18-7-2-8-19-17/h3-6,16H,2,7-13H2,1H3,(H2,18,19,20). The second-order valence-electron chi connectivity index (χ2n) is 5.83. The van der Waals surface area contributed by atoms with Crippen molar-refractivity contribution in [1.82, 2.24) is 15.5 Å². The number of rotatable bonds is 5. The molecule has 23 heavy (non-hydrogen) atoms. The van der Waals surface area contributed by atoms with Crippen LogP contribution in [0.15, 0.2) is 29.3 Å². The number of hydrogen-bond donors (Lipinski definition) is 2. The number of guanidine groups is 1. The van der Waals surface area contributed by atoms with E-state index in [0.29, 0.717) is 6.04 Å². The van der Waals surface area contributed by atoms with Crippen LogP contribution >= 0.6 is 0 Å². The van der Waals surface area contributed by atoms with Crippen LogP contribution < -0.4 is 15.4 Å². The van der Waals surface area contributed by atoms with Crippen molar-refractivity contribution in [1.29, 1.82) is 0 Å². The molecule has 2 N–H and O–H groups in total. The first kappa shape index (κ1) is 16.1. The summed E-state index contributed by atoms with van der Waals surface area (Å²) in [5.74, 6) is 1.81. The number of nitrogens with one attached hydrogen (secondary N) is 2. The van der Waals surface area contributed by atoms with E-state index < -0.39 is 0 Å². The van der Waals surface area contributed by atoms with Crippen molar-refractivity contribution in [2.45, 2.75) is 12.5 Å². The van der Waals surface area contributed by atoms with Gasteiger partial charge in [-0.15, -0.1) is 0 Å². The number of nitrogens with zero attached hydrogens (tertiary/aromatic N) is 2. The number of methoxy groups -OCH3 is 1. The first-order valence-corrected chi connectivity index (χ1v) is 8.35. The molecule has 2 aliphatic heterocycles. The number of ether oxygens (including phenoxy) is 2. The molecule has 0 aliphatic carbocycles. The minimum atomic E-state index is 0.302. The van der Waals surface area contributed by atoms with Crippen molar-refractivity contribution >= 4 is 5.96 Å². The maximum atomic E-state index is 5.50. The summed E-state index contributed by atoms with van der Waals surface area (Å²) in [6.07, 6.45) is 1.11. The Balaban J connectivity index is 1.70. The van der Waals surface area contributed by atoms with Crippen molar-refractivity contribution in [3.63, 3.8) is 0 Å². The molecule has 1 fully saturated rings. The molecule has 1 saturated heterocycles. The molecule has 0 saturated carbocycles. The number of morpholine rings is 1. The van der Waals surface area contributed by atoms with E-state index in [4.69, 9.17) is 9.47 Å². The average Bonchev–Trinajstić information content (AvgIpc) is 2.64. The van der Waals surface area contributed by atoms with Gasteiger partial charge in [-0.25, -0.2) is 0 Å². The molecular weight excluding hydrogens is 292 g/mol. The van der Waals surface area contributed by atoms with E-state index in [2.05, 4.69) is 32.7 Å². The van der Waals surface area contributed by atoms with Crippen LogP contribution in [0.5, 0.6) is 5.75 Å². The van der Waals surface area contributed by atoms with Crippen LogP contribution in [-0.4, -0.2) is 63.9 Å². The zero-order valence-electron chi connectivity index (χ0n) is 13.8. The molecule has 1 atom stereocenters. The molecule has 1 aromatic carbocycles. The van der Waals surface area contributed by atoms with E-state index in [0.717, 1.165) is 64.1 Å². The van der Waals surface area contributed by atoms with E-state index in [1.54, 1.807) is 7.11 Å². The fourth-order valence-electron chi connectivity index (χ4n) is 3.02. The number of hydrogen-bond acceptors (Lipinski definition) is 6. The van der Waals surface area contributed by atoms with Gasteiger partial charge in [0.05, 0.1) is 26.4 Å². The molecular formula is C17H26N4O2. The van der Waals surface area contributed by atoms with Crippen LogP contribution in [0, 0.1) is 0 Å². The Morgan fingerprint density at radius 2 is 2.09 bits per heavy atom. The van der Waals surface area contributed by atoms with Gasteiger partial charge in [0.25, 0.3) is 0 Å². The lowest BCUT2D eigenvalue weighted by atomic mass is 10.0. The van der Waals surface area contributed by atoms with Crippen LogP contribution in [0.25, 0.3) is 0 Å². The fourth-order valence-corrected chi connectivity index (χ4v) is 3.02. The zero-order valence-corrected chi connectivity index (χ0v) is 13.8. The smallest absolute Gasteiger partial charge is 0.191 e. The SMILES string of the molecule is COc1ccc(C(CNC2=NCCCN2)N2CCOCC2)cc1. The Hall–Kier alpha value is -1.79. The minimum Gasteiger partial charge on any atom is -0.497 e. The summed E-state index contributed by atoms with van der Waals surface area (Å²) in [6.45, 7) is 6.24. The molecule has 0 amide bonds. The Kier molecular flexibility index (Phi) is 5.71. The Labute approximate surface area is 137 Å². The number of benzene rings is 1. The van der Waals surface area contributed by atoms with Gasteiger partial charge < -0.3 is 20.1 Å². The van der Waals surface area contributed by atoms with E-state index in [1.165, 1.54) is 5.56 Å². The third-order valence-corrected chi connectivity index (χ3v) is 4.35. The summed E-state index contributed by atoms with van der Waals surface area (Å²) < 4.78 is 10.8. The van der Waals surface area contributed by atoms with E-state index in [9.17, 15) is 0 Å². The molecule has 1 aromatic rings. The molecule has 0 spiro atoms. The summed E-state index contributed by atoms with van der Waals surface area (Å²) in [4.78, 5) is 6.97. The first-order valence-electron chi connectivity index (χ1n) is 8.35. The van der Waals surface area contributed by atoms with Crippen molar-refractivity contribution in [3.8, 4) is 5.75 Å². The van der Waals surface area contributed by atoms with Crippen LogP contribution in [0.4, 0.5) is 0 Å². The lowest BCUT2D eigenvalue weighted by Gasteiger charge is -2.35. The third kappa shape index (κ3) is 4.36. The average molecular weight is 318 g/mol. The molecule has 0 radical (unpaired) electrons. The van der Waals surface area contributed by atoms with Crippen LogP contribution in [-0.2, 0) is 4.74 Å². The maximum Gasteiger partial charge on any atom is 0.191 e. The van der Waals surface area contributed by atoms with Gasteiger partial charge in [-0.1, -0.05) is 12.1 Å². The Morgan fingerprint density at radius 3 is 2.74 bits per heavy atom. The minimum absolute atomic E-state index is 0.302. The highest BCUT2D eigenvalue weighted by Gasteiger charge is 2.23. The lowest BCUT2D eigenvalue weighted by Crippen LogP contribution is -2.47. The van der Waals surface area contributed by atoms with E-state index >= 15 is 0 Å². The fraction of sp³-hybridized carbons (Fsp3) is 0.588. The second kappa shape index (κ2) is 8.17. The summed E-state index contributed by atoms with van der Waals surface area (Å²) in [6, 6.07) is 8.66. The quantitative estimate of drug-likeness (QED) is 0.848. The largest absolute Gasteiger partial charge is 0.497 e. The summed E-state index contributed by atoms with van der Waals surface area (Å²) in [7, 11) is 1.70. The highest BCUT2D eigenvalue weighted by molar-refractivity contribution is 5.80. The molecule has 6 nitrogen and oxygen atoms in total. The predicted molar refractivity (Wildman–Crippen MR) is 91.1 cm³/mol. The van der Waals surface area contributed by atoms with Crippen LogP contribution in [0.1, 0.15) is 18.0 Å². The summed E-state index contributed by atoms with van der Waals surface area (Å²) >= 11 is 0. The van der Waals surface area contributed by atoms with Crippen molar-refractivity contribution in [2.24, 2.45) is 4.99 Å². The van der Waals surface area contributed by atoms with E-state index in [1.807, 2.05) is 12.1 Å². The lowest BCUT2D eigenvalue weighted by molar-refractivity contribution is 0.0170.